The number of hydrogen-bond donors (Lipinski definition) is 1. The maximum atomic E-state index is 10.2. The summed E-state index contributed by atoms with van der Waals surface area (Å²) in [6, 6.07) is 0. The molecule has 1 N–H and O–H groups in total. The second kappa shape index (κ2) is 10.3. The Labute approximate surface area is 97.8 Å². The summed E-state index contributed by atoms with van der Waals surface area (Å²) < 4.78 is 0. The first-order chi connectivity index (χ1) is 7.13. The number of hydrogen-bond acceptors (Lipinski definition) is 2. The van der Waals surface area contributed by atoms with Crippen LogP contribution < -0.4 is 0 Å². The molecule has 0 aliphatic rings. The molecule has 0 amide bonds. The fraction of sp³-hybridized carbons (Fsp3) is 0.917. The van der Waals surface area contributed by atoms with Gasteiger partial charge in [0.1, 0.15) is 0 Å². The van der Waals surface area contributed by atoms with Crippen LogP contribution in [0, 0.1) is 5.92 Å². The molecule has 3 heteroatoms. The zero-order chi connectivity index (χ0) is 11.5. The third-order valence-electron chi connectivity index (χ3n) is 2.30. The largest absolute Gasteiger partial charge is 0.481 e. The van der Waals surface area contributed by atoms with Crippen molar-refractivity contribution >= 4 is 17.7 Å². The summed E-state index contributed by atoms with van der Waals surface area (Å²) in [5.41, 5.74) is 0. The van der Waals surface area contributed by atoms with Crippen LogP contribution in [0.2, 0.25) is 0 Å². The Balaban J connectivity index is 2.96. The van der Waals surface area contributed by atoms with Gasteiger partial charge in [0.15, 0.2) is 0 Å². The molecule has 0 bridgehead atoms. The first-order valence-corrected chi connectivity index (χ1v) is 7.08. The van der Waals surface area contributed by atoms with Crippen molar-refractivity contribution in [2.24, 2.45) is 5.92 Å². The number of carboxylic acid groups (broad SMARTS) is 1. The lowest BCUT2D eigenvalue weighted by atomic mass is 10.0. The summed E-state index contributed by atoms with van der Waals surface area (Å²) in [4.78, 5) is 10.2. The molecule has 0 fully saturated rings. The minimum atomic E-state index is -0.697. The quantitative estimate of drug-likeness (QED) is 0.582. The SMILES string of the molecule is CC(C)CCCCCCCSCC(=O)O. The van der Waals surface area contributed by atoms with Gasteiger partial charge >= 0.3 is 5.97 Å². The Morgan fingerprint density at radius 3 is 2.33 bits per heavy atom. The van der Waals surface area contributed by atoms with Crippen molar-refractivity contribution in [2.75, 3.05) is 11.5 Å². The molecular formula is C12H24O2S. The van der Waals surface area contributed by atoms with E-state index in [-0.39, 0.29) is 5.75 Å². The molecule has 90 valence electrons. The normalized spacial score (nSPS) is 10.9. The minimum Gasteiger partial charge on any atom is -0.481 e. The van der Waals surface area contributed by atoms with Crippen LogP contribution in [-0.4, -0.2) is 22.6 Å². The fourth-order valence-electron chi connectivity index (χ4n) is 1.45. The number of rotatable bonds is 10. The molecule has 2 nitrogen and oxygen atoms in total. The highest BCUT2D eigenvalue weighted by Gasteiger charge is 1.97. The zero-order valence-electron chi connectivity index (χ0n) is 10.00. The number of thioether (sulfide) groups is 1. The van der Waals surface area contributed by atoms with Crippen molar-refractivity contribution in [2.45, 2.75) is 52.4 Å². The molecule has 0 radical (unpaired) electrons. The highest BCUT2D eigenvalue weighted by Crippen LogP contribution is 2.12. The molecule has 0 aromatic rings. The molecule has 0 aromatic heterocycles. The first kappa shape index (κ1) is 14.8. The molecular weight excluding hydrogens is 208 g/mol. The standard InChI is InChI=1S/C12H24O2S/c1-11(2)8-6-4-3-5-7-9-15-10-12(13)14/h11H,3-10H2,1-2H3,(H,13,14). The molecule has 0 aliphatic carbocycles. The van der Waals surface area contributed by atoms with Gasteiger partial charge in [-0.05, 0) is 18.1 Å². The summed E-state index contributed by atoms with van der Waals surface area (Å²) in [6.07, 6.45) is 7.75. The molecule has 0 saturated heterocycles. The lowest BCUT2D eigenvalue weighted by Gasteiger charge is -2.04. The van der Waals surface area contributed by atoms with E-state index in [0.717, 1.165) is 11.7 Å². The number of aliphatic carboxylic acids is 1. The van der Waals surface area contributed by atoms with Crippen LogP contribution in [-0.2, 0) is 4.79 Å². The van der Waals surface area contributed by atoms with E-state index in [0.29, 0.717) is 0 Å². The minimum absolute atomic E-state index is 0.257. The average molecular weight is 232 g/mol. The van der Waals surface area contributed by atoms with E-state index >= 15 is 0 Å². The van der Waals surface area contributed by atoms with E-state index in [1.54, 1.807) is 0 Å². The smallest absolute Gasteiger partial charge is 0.313 e. The highest BCUT2D eigenvalue weighted by atomic mass is 32.2. The maximum Gasteiger partial charge on any atom is 0.313 e. The second-order valence-electron chi connectivity index (χ2n) is 4.40. The van der Waals surface area contributed by atoms with E-state index in [9.17, 15) is 4.79 Å². The molecule has 0 spiro atoms. The Morgan fingerprint density at radius 1 is 1.13 bits per heavy atom. The van der Waals surface area contributed by atoms with Crippen molar-refractivity contribution in [3.8, 4) is 0 Å². The van der Waals surface area contributed by atoms with Crippen LogP contribution in [0.15, 0.2) is 0 Å². The maximum absolute atomic E-state index is 10.2. The van der Waals surface area contributed by atoms with E-state index in [2.05, 4.69) is 13.8 Å². The van der Waals surface area contributed by atoms with Gasteiger partial charge in [0, 0.05) is 0 Å². The molecule has 0 rings (SSSR count). The van der Waals surface area contributed by atoms with Gasteiger partial charge in [0.05, 0.1) is 5.75 Å². The summed E-state index contributed by atoms with van der Waals surface area (Å²) in [5.74, 6) is 1.39. The van der Waals surface area contributed by atoms with Crippen LogP contribution in [0.5, 0.6) is 0 Å². The van der Waals surface area contributed by atoms with Crippen LogP contribution in [0.1, 0.15) is 52.4 Å². The number of carboxylic acids is 1. The van der Waals surface area contributed by atoms with Gasteiger partial charge < -0.3 is 5.11 Å². The van der Waals surface area contributed by atoms with Crippen LogP contribution in [0.3, 0.4) is 0 Å². The van der Waals surface area contributed by atoms with Crippen molar-refractivity contribution in [3.05, 3.63) is 0 Å². The molecule has 0 heterocycles. The Bertz CT molecular complexity index is 158. The third-order valence-corrected chi connectivity index (χ3v) is 3.32. The molecule has 0 aliphatic heterocycles. The number of unbranched alkanes of at least 4 members (excludes halogenated alkanes) is 4. The third kappa shape index (κ3) is 13.8. The fourth-order valence-corrected chi connectivity index (χ4v) is 2.17. The lowest BCUT2D eigenvalue weighted by Crippen LogP contribution is -1.98. The summed E-state index contributed by atoms with van der Waals surface area (Å²) >= 11 is 1.53. The van der Waals surface area contributed by atoms with Gasteiger partial charge in [0.2, 0.25) is 0 Å². The zero-order valence-corrected chi connectivity index (χ0v) is 10.8. The van der Waals surface area contributed by atoms with Crippen LogP contribution >= 0.6 is 11.8 Å². The second-order valence-corrected chi connectivity index (χ2v) is 5.50. The summed E-state index contributed by atoms with van der Waals surface area (Å²) in [5, 5.41) is 8.42. The monoisotopic (exact) mass is 232 g/mol. The summed E-state index contributed by atoms with van der Waals surface area (Å²) in [7, 11) is 0. The molecule has 0 aromatic carbocycles. The van der Waals surface area contributed by atoms with E-state index < -0.39 is 5.97 Å². The average Bonchev–Trinajstić information content (AvgIpc) is 2.14. The van der Waals surface area contributed by atoms with E-state index in [4.69, 9.17) is 5.11 Å². The Hall–Kier alpha value is -0.180. The molecule has 0 unspecified atom stereocenters. The molecule has 0 saturated carbocycles. The predicted molar refractivity (Wildman–Crippen MR) is 67.5 cm³/mol. The number of carbonyl (C=O) groups is 1. The molecule has 15 heavy (non-hydrogen) atoms. The topological polar surface area (TPSA) is 37.3 Å². The predicted octanol–water partition coefficient (Wildman–Crippen LogP) is 3.80. The van der Waals surface area contributed by atoms with Gasteiger partial charge in [0.25, 0.3) is 0 Å². The summed E-state index contributed by atoms with van der Waals surface area (Å²) in [6.45, 7) is 4.53. The van der Waals surface area contributed by atoms with Gasteiger partial charge in [-0.3, -0.25) is 4.79 Å². The van der Waals surface area contributed by atoms with Gasteiger partial charge in [-0.25, -0.2) is 0 Å². The molecule has 0 atom stereocenters. The van der Waals surface area contributed by atoms with Crippen molar-refractivity contribution in [1.82, 2.24) is 0 Å². The lowest BCUT2D eigenvalue weighted by molar-refractivity contribution is -0.133. The van der Waals surface area contributed by atoms with Crippen LogP contribution in [0.25, 0.3) is 0 Å². The van der Waals surface area contributed by atoms with E-state index in [1.807, 2.05) is 0 Å². The van der Waals surface area contributed by atoms with E-state index in [1.165, 1.54) is 50.3 Å². The highest BCUT2D eigenvalue weighted by molar-refractivity contribution is 7.99. The van der Waals surface area contributed by atoms with Crippen molar-refractivity contribution in [3.63, 3.8) is 0 Å². The van der Waals surface area contributed by atoms with Crippen LogP contribution in [0.4, 0.5) is 0 Å². The van der Waals surface area contributed by atoms with Gasteiger partial charge in [-0.2, -0.15) is 11.8 Å². The van der Waals surface area contributed by atoms with Gasteiger partial charge in [-0.15, -0.1) is 0 Å². The Morgan fingerprint density at radius 2 is 1.73 bits per heavy atom. The Kier molecular flexibility index (Phi) is 10.2. The van der Waals surface area contributed by atoms with Gasteiger partial charge in [-0.1, -0.05) is 46.0 Å². The first-order valence-electron chi connectivity index (χ1n) is 5.92. The van der Waals surface area contributed by atoms with Crippen molar-refractivity contribution < 1.29 is 9.90 Å². The van der Waals surface area contributed by atoms with Crippen molar-refractivity contribution in [1.29, 1.82) is 0 Å².